The van der Waals surface area contributed by atoms with Gasteiger partial charge in [-0.3, -0.25) is 9.59 Å². The number of amides is 1. The van der Waals surface area contributed by atoms with Gasteiger partial charge in [0.15, 0.2) is 0 Å². The number of Topliss-reactive ketones (excluding diaryl/α,β-unsaturated/α-hetero) is 1. The smallest absolute Gasteiger partial charge is 0.295 e. The summed E-state index contributed by atoms with van der Waals surface area (Å²) in [6.07, 6.45) is 0. The molecule has 1 atom stereocenters. The lowest BCUT2D eigenvalue weighted by Crippen LogP contribution is -2.38. The minimum Gasteiger partial charge on any atom is -0.507 e. The molecule has 1 saturated heterocycles. The summed E-state index contributed by atoms with van der Waals surface area (Å²) in [6, 6.07) is 11.6. The molecule has 0 saturated carbocycles. The fraction of sp³-hybridized carbons (Fsp3) is 0.385. The van der Waals surface area contributed by atoms with E-state index in [9.17, 15) is 14.7 Å². The number of aliphatic hydroxyl groups excluding tert-OH is 1. The Labute approximate surface area is 200 Å². The van der Waals surface area contributed by atoms with Crippen LogP contribution in [0.1, 0.15) is 43.5 Å². The molecule has 1 fully saturated rings. The van der Waals surface area contributed by atoms with Gasteiger partial charge in [-0.25, -0.2) is 0 Å². The van der Waals surface area contributed by atoms with Crippen LogP contribution in [0.2, 0.25) is 5.02 Å². The summed E-state index contributed by atoms with van der Waals surface area (Å²) in [7, 11) is 0. The Hall–Kier alpha value is -2.83. The number of hydrogen-bond acceptors (Lipinski definition) is 5. The van der Waals surface area contributed by atoms with E-state index >= 15 is 0 Å². The van der Waals surface area contributed by atoms with Gasteiger partial charge in [0.25, 0.3) is 11.7 Å². The van der Waals surface area contributed by atoms with E-state index in [1.54, 1.807) is 41.3 Å². The number of carbonyl (C=O) groups is 2. The van der Waals surface area contributed by atoms with Crippen LogP contribution in [-0.4, -0.2) is 59.4 Å². The molecule has 0 radical (unpaired) electrons. The quantitative estimate of drug-likeness (QED) is 0.323. The van der Waals surface area contributed by atoms with Gasteiger partial charge in [-0.1, -0.05) is 37.6 Å². The van der Waals surface area contributed by atoms with E-state index in [0.717, 1.165) is 24.2 Å². The summed E-state index contributed by atoms with van der Waals surface area (Å²) in [5.41, 5.74) is 2.07. The van der Waals surface area contributed by atoms with Crippen LogP contribution >= 0.6 is 11.6 Å². The van der Waals surface area contributed by atoms with Gasteiger partial charge in [0.1, 0.15) is 11.5 Å². The average molecular weight is 471 g/mol. The molecule has 0 aliphatic carbocycles. The standard InChI is InChI=1S/C26H31ClN2O4/c1-5-28(6-2)14-15-29-23(18-8-10-19(27)11-9-18)22(25(31)26(29)32)24(30)21-13-12-20(33-7-3)16-17(21)4/h8-13,16,23,30H,5-7,14-15H2,1-4H3/t23-/m1/s1. The van der Waals surface area contributed by atoms with Crippen molar-refractivity contribution in [2.75, 3.05) is 32.8 Å². The molecule has 2 aromatic rings. The molecule has 0 aromatic heterocycles. The predicted molar refractivity (Wildman–Crippen MR) is 131 cm³/mol. The van der Waals surface area contributed by atoms with Crippen LogP contribution in [0.3, 0.4) is 0 Å². The van der Waals surface area contributed by atoms with Gasteiger partial charge >= 0.3 is 0 Å². The number of benzene rings is 2. The second-order valence-electron chi connectivity index (χ2n) is 7.98. The van der Waals surface area contributed by atoms with Crippen LogP contribution in [0.25, 0.3) is 5.76 Å². The minimum atomic E-state index is -0.691. The van der Waals surface area contributed by atoms with Gasteiger partial charge in [0.05, 0.1) is 18.2 Å². The number of ether oxygens (including phenoxy) is 1. The Balaban J connectivity index is 2.10. The van der Waals surface area contributed by atoms with Gasteiger partial charge in [0, 0.05) is 23.7 Å². The summed E-state index contributed by atoms with van der Waals surface area (Å²) >= 11 is 6.08. The Kier molecular flexibility index (Phi) is 8.16. The molecule has 1 aliphatic heterocycles. The van der Waals surface area contributed by atoms with Gasteiger partial charge in [-0.05, 0) is 68.4 Å². The Morgan fingerprint density at radius 3 is 2.33 bits per heavy atom. The van der Waals surface area contributed by atoms with Crippen molar-refractivity contribution in [3.8, 4) is 5.75 Å². The monoisotopic (exact) mass is 470 g/mol. The van der Waals surface area contributed by atoms with E-state index in [1.165, 1.54) is 0 Å². The highest BCUT2D eigenvalue weighted by Gasteiger charge is 2.46. The van der Waals surface area contributed by atoms with Crippen molar-refractivity contribution < 1.29 is 19.4 Å². The summed E-state index contributed by atoms with van der Waals surface area (Å²) in [5, 5.41) is 11.8. The van der Waals surface area contributed by atoms with Gasteiger partial charge in [-0.15, -0.1) is 0 Å². The van der Waals surface area contributed by atoms with Crippen molar-refractivity contribution in [1.29, 1.82) is 0 Å². The largest absolute Gasteiger partial charge is 0.507 e. The van der Waals surface area contributed by atoms with Gasteiger partial charge in [0.2, 0.25) is 0 Å². The van der Waals surface area contributed by atoms with E-state index in [-0.39, 0.29) is 11.3 Å². The minimum absolute atomic E-state index is 0.0918. The number of nitrogens with zero attached hydrogens (tertiary/aromatic N) is 2. The molecular weight excluding hydrogens is 440 g/mol. The number of hydrogen-bond donors (Lipinski definition) is 1. The molecule has 176 valence electrons. The first kappa shape index (κ1) is 24.8. The molecule has 0 unspecified atom stereocenters. The lowest BCUT2D eigenvalue weighted by molar-refractivity contribution is -0.140. The number of likely N-dealkylation sites (tertiary alicyclic amines) is 1. The van der Waals surface area contributed by atoms with Gasteiger partial charge in [-0.2, -0.15) is 0 Å². The molecule has 0 bridgehead atoms. The van der Waals surface area contributed by atoms with Gasteiger partial charge < -0.3 is 19.6 Å². The lowest BCUT2D eigenvalue weighted by Gasteiger charge is -2.28. The van der Waals surface area contributed by atoms with Crippen molar-refractivity contribution in [1.82, 2.24) is 9.80 Å². The molecule has 1 heterocycles. The first-order valence-corrected chi connectivity index (χ1v) is 11.7. The van der Waals surface area contributed by atoms with Crippen LogP contribution in [0.15, 0.2) is 48.0 Å². The van der Waals surface area contributed by atoms with Crippen LogP contribution < -0.4 is 4.74 Å². The highest BCUT2D eigenvalue weighted by molar-refractivity contribution is 6.46. The second kappa shape index (κ2) is 10.9. The third-order valence-corrected chi connectivity index (χ3v) is 6.29. The maximum atomic E-state index is 13.2. The maximum Gasteiger partial charge on any atom is 0.295 e. The molecule has 1 aliphatic rings. The number of rotatable bonds is 9. The number of aliphatic hydroxyl groups is 1. The zero-order valence-electron chi connectivity index (χ0n) is 19.6. The second-order valence-corrected chi connectivity index (χ2v) is 8.42. The van der Waals surface area contributed by atoms with Crippen molar-refractivity contribution in [2.24, 2.45) is 0 Å². The van der Waals surface area contributed by atoms with E-state index < -0.39 is 17.7 Å². The van der Waals surface area contributed by atoms with E-state index in [4.69, 9.17) is 16.3 Å². The Morgan fingerprint density at radius 2 is 1.76 bits per heavy atom. The molecule has 7 heteroatoms. The topological polar surface area (TPSA) is 70.1 Å². The molecule has 3 rings (SSSR count). The fourth-order valence-electron chi connectivity index (χ4n) is 4.19. The van der Waals surface area contributed by atoms with E-state index in [2.05, 4.69) is 18.7 Å². The number of ketones is 1. The van der Waals surface area contributed by atoms with Crippen LogP contribution in [-0.2, 0) is 9.59 Å². The van der Waals surface area contributed by atoms with Crippen LogP contribution in [0.5, 0.6) is 5.75 Å². The zero-order chi connectivity index (χ0) is 24.1. The van der Waals surface area contributed by atoms with Crippen molar-refractivity contribution in [3.05, 3.63) is 69.8 Å². The molecule has 1 amide bonds. The van der Waals surface area contributed by atoms with E-state index in [0.29, 0.717) is 36.0 Å². The van der Waals surface area contributed by atoms with E-state index in [1.807, 2.05) is 19.9 Å². The number of aryl methyl sites for hydroxylation is 1. The van der Waals surface area contributed by atoms with Crippen molar-refractivity contribution in [2.45, 2.75) is 33.7 Å². The third kappa shape index (κ3) is 5.23. The first-order chi connectivity index (χ1) is 15.8. The van der Waals surface area contributed by atoms with Crippen LogP contribution in [0.4, 0.5) is 0 Å². The number of likely N-dealkylation sites (N-methyl/N-ethyl adjacent to an activating group) is 1. The summed E-state index contributed by atoms with van der Waals surface area (Å²) < 4.78 is 5.54. The molecule has 6 nitrogen and oxygen atoms in total. The van der Waals surface area contributed by atoms with Crippen molar-refractivity contribution >= 4 is 29.1 Å². The predicted octanol–water partition coefficient (Wildman–Crippen LogP) is 4.81. The maximum absolute atomic E-state index is 13.2. The van der Waals surface area contributed by atoms with Crippen LogP contribution in [0, 0.1) is 6.92 Å². The molecule has 2 aromatic carbocycles. The fourth-order valence-corrected chi connectivity index (χ4v) is 4.32. The summed E-state index contributed by atoms with van der Waals surface area (Å²) in [4.78, 5) is 30.0. The summed E-state index contributed by atoms with van der Waals surface area (Å²) in [5.74, 6) is -0.785. The number of carbonyl (C=O) groups excluding carboxylic acids is 2. The first-order valence-electron chi connectivity index (χ1n) is 11.3. The zero-order valence-corrected chi connectivity index (χ0v) is 20.4. The SMILES string of the molecule is CCOc1ccc(C(O)=C2C(=O)C(=O)N(CCN(CC)CC)[C@@H]2c2ccc(Cl)cc2)c(C)c1. The number of halogens is 1. The van der Waals surface area contributed by atoms with Crippen molar-refractivity contribution in [3.63, 3.8) is 0 Å². The average Bonchev–Trinajstić information content (AvgIpc) is 3.05. The lowest BCUT2D eigenvalue weighted by atomic mass is 9.94. The normalized spacial score (nSPS) is 17.8. The third-order valence-electron chi connectivity index (χ3n) is 6.04. The highest BCUT2D eigenvalue weighted by Crippen LogP contribution is 2.40. The summed E-state index contributed by atoms with van der Waals surface area (Å²) in [6.45, 7) is 11.1. The highest BCUT2D eigenvalue weighted by atomic mass is 35.5. The molecule has 1 N–H and O–H groups in total. The Morgan fingerprint density at radius 1 is 1.09 bits per heavy atom. The molecule has 33 heavy (non-hydrogen) atoms. The molecular formula is C26H31ClN2O4. The Bertz CT molecular complexity index is 1040. The molecule has 0 spiro atoms.